The van der Waals surface area contributed by atoms with Crippen molar-refractivity contribution in [1.82, 2.24) is 14.5 Å². The van der Waals surface area contributed by atoms with Gasteiger partial charge < -0.3 is 4.90 Å². The average molecular weight is 430 g/mol. The lowest BCUT2D eigenvalue weighted by Crippen LogP contribution is -2.38. The highest BCUT2D eigenvalue weighted by Crippen LogP contribution is 2.29. The van der Waals surface area contributed by atoms with Crippen molar-refractivity contribution in [3.63, 3.8) is 0 Å². The average Bonchev–Trinajstić information content (AvgIpc) is 2.73. The predicted octanol–water partition coefficient (Wildman–Crippen LogP) is 5.41. The fourth-order valence-corrected chi connectivity index (χ4v) is 4.55. The molecule has 1 saturated heterocycles. The first-order chi connectivity index (χ1) is 14.0. The molecule has 0 N–H and O–H groups in total. The number of aromatic nitrogens is 2. The highest BCUT2D eigenvalue weighted by atomic mass is 35.5. The summed E-state index contributed by atoms with van der Waals surface area (Å²) in [6, 6.07) is 11.3. The maximum absolute atomic E-state index is 13.3. The first-order valence-electron chi connectivity index (χ1n) is 10.1. The lowest BCUT2D eigenvalue weighted by molar-refractivity contribution is 0.168. The minimum atomic E-state index is 0.0306. The first-order valence-corrected chi connectivity index (χ1v) is 10.9. The molecule has 6 heteroatoms. The zero-order valence-corrected chi connectivity index (χ0v) is 18.3. The van der Waals surface area contributed by atoms with E-state index in [0.717, 1.165) is 55.1 Å². The number of fused-ring (bicyclic) bond motifs is 1. The molecule has 1 fully saturated rings. The molecule has 0 spiro atoms. The van der Waals surface area contributed by atoms with Gasteiger partial charge in [0.15, 0.2) is 0 Å². The molecule has 0 bridgehead atoms. The quantitative estimate of drug-likeness (QED) is 0.556. The number of hydrogen-bond acceptors (Lipinski definition) is 3. The van der Waals surface area contributed by atoms with Crippen molar-refractivity contribution in [2.45, 2.75) is 33.2 Å². The number of rotatable bonds is 4. The molecule has 0 radical (unpaired) electrons. The molecule has 1 aliphatic heterocycles. The van der Waals surface area contributed by atoms with Crippen LogP contribution in [-0.4, -0.2) is 34.1 Å². The van der Waals surface area contributed by atoms with Crippen molar-refractivity contribution < 1.29 is 0 Å². The third-order valence-corrected chi connectivity index (χ3v) is 6.63. The van der Waals surface area contributed by atoms with Crippen molar-refractivity contribution in [2.75, 3.05) is 19.6 Å². The Kier molecular flexibility index (Phi) is 5.95. The van der Waals surface area contributed by atoms with Crippen LogP contribution in [0, 0.1) is 12.8 Å². The molecule has 0 unspecified atom stereocenters. The smallest absolute Gasteiger partial charge is 0.261 e. The summed E-state index contributed by atoms with van der Waals surface area (Å²) in [4.78, 5) is 20.5. The normalized spacial score (nSPS) is 17.7. The van der Waals surface area contributed by atoms with Gasteiger partial charge in [0.25, 0.3) is 5.56 Å². The van der Waals surface area contributed by atoms with E-state index in [9.17, 15) is 4.79 Å². The molecule has 29 heavy (non-hydrogen) atoms. The summed E-state index contributed by atoms with van der Waals surface area (Å²) in [6.07, 6.45) is 2.35. The van der Waals surface area contributed by atoms with Crippen LogP contribution in [0.2, 0.25) is 10.0 Å². The summed E-state index contributed by atoms with van der Waals surface area (Å²) < 4.78 is 1.85. The number of aryl methyl sites for hydroxylation is 1. The van der Waals surface area contributed by atoms with E-state index >= 15 is 0 Å². The fraction of sp³-hybridized carbons (Fsp3) is 0.391. The van der Waals surface area contributed by atoms with Crippen LogP contribution in [0.1, 0.15) is 25.6 Å². The van der Waals surface area contributed by atoms with E-state index in [1.807, 2.05) is 41.8 Å². The van der Waals surface area contributed by atoms with Gasteiger partial charge in [0, 0.05) is 13.1 Å². The molecule has 1 aromatic heterocycles. The zero-order chi connectivity index (χ0) is 20.5. The van der Waals surface area contributed by atoms with Crippen molar-refractivity contribution in [3.8, 4) is 11.1 Å². The second-order valence-electron chi connectivity index (χ2n) is 7.84. The van der Waals surface area contributed by atoms with Crippen LogP contribution >= 0.6 is 23.2 Å². The maximum Gasteiger partial charge on any atom is 0.261 e. The van der Waals surface area contributed by atoms with E-state index in [1.165, 1.54) is 6.42 Å². The number of benzene rings is 2. The number of nitrogens with zero attached hydrogens (tertiary/aromatic N) is 3. The molecule has 2 aromatic carbocycles. The molecule has 152 valence electrons. The van der Waals surface area contributed by atoms with E-state index in [2.05, 4.69) is 11.8 Å². The minimum Gasteiger partial charge on any atom is -0.303 e. The Morgan fingerprint density at radius 2 is 1.86 bits per heavy atom. The number of halogens is 2. The van der Waals surface area contributed by atoms with Gasteiger partial charge in [-0.15, -0.1) is 0 Å². The Hall–Kier alpha value is -1.88. The topological polar surface area (TPSA) is 38.1 Å². The van der Waals surface area contributed by atoms with Crippen molar-refractivity contribution in [1.29, 1.82) is 0 Å². The summed E-state index contributed by atoms with van der Waals surface area (Å²) in [5, 5.41) is 1.66. The lowest BCUT2D eigenvalue weighted by atomic mass is 9.97. The van der Waals surface area contributed by atoms with Crippen LogP contribution in [0.3, 0.4) is 0 Å². The zero-order valence-electron chi connectivity index (χ0n) is 16.8. The molecule has 2 heterocycles. The van der Waals surface area contributed by atoms with E-state index in [-0.39, 0.29) is 5.56 Å². The molecule has 4 nitrogen and oxygen atoms in total. The summed E-state index contributed by atoms with van der Waals surface area (Å²) >= 11 is 12.2. The molecule has 1 atom stereocenters. The van der Waals surface area contributed by atoms with Crippen molar-refractivity contribution >= 4 is 34.1 Å². The van der Waals surface area contributed by atoms with Gasteiger partial charge >= 0.3 is 0 Å². The molecular formula is C23H25Cl2N3O. The number of piperidine rings is 1. The summed E-state index contributed by atoms with van der Waals surface area (Å²) in [7, 11) is 0. The molecule has 3 aromatic rings. The second kappa shape index (κ2) is 8.47. The van der Waals surface area contributed by atoms with Crippen molar-refractivity contribution in [3.05, 3.63) is 62.6 Å². The Morgan fingerprint density at radius 3 is 2.62 bits per heavy atom. The summed E-state index contributed by atoms with van der Waals surface area (Å²) in [5.74, 6) is 1.26. The maximum atomic E-state index is 13.3. The summed E-state index contributed by atoms with van der Waals surface area (Å²) in [5.41, 5.74) is 2.62. The fourth-order valence-electron chi connectivity index (χ4n) is 4.25. The highest BCUT2D eigenvalue weighted by Gasteiger charge is 2.21. The van der Waals surface area contributed by atoms with Gasteiger partial charge in [-0.2, -0.15) is 0 Å². The Balaban J connectivity index is 1.72. The van der Waals surface area contributed by atoms with Gasteiger partial charge in [0.2, 0.25) is 0 Å². The third-order valence-electron chi connectivity index (χ3n) is 5.89. The van der Waals surface area contributed by atoms with Gasteiger partial charge in [-0.3, -0.25) is 9.36 Å². The molecule has 0 aliphatic carbocycles. The molecule has 0 saturated carbocycles. The van der Waals surface area contributed by atoms with E-state index < -0.39 is 0 Å². The van der Waals surface area contributed by atoms with Crippen LogP contribution in [0.15, 0.2) is 41.2 Å². The van der Waals surface area contributed by atoms with Gasteiger partial charge in [-0.1, -0.05) is 42.3 Å². The summed E-state index contributed by atoms with van der Waals surface area (Å²) in [6.45, 7) is 8.11. The highest BCUT2D eigenvalue weighted by molar-refractivity contribution is 6.42. The third kappa shape index (κ3) is 4.20. The SMILES string of the molecule is CCN1CCC[C@H](Cn2c(C)nc3ccc(-c4ccc(Cl)c(Cl)c4)cc3c2=O)C1. The Bertz CT molecular complexity index is 1110. The Labute approximate surface area is 181 Å². The standard InChI is InChI=1S/C23H25Cl2N3O/c1-3-27-10-4-5-16(13-27)14-28-15(2)26-22-9-7-17(11-19(22)23(28)29)18-6-8-20(24)21(25)12-18/h6-9,11-12,16H,3-5,10,13-14H2,1-2H3/t16-/m0/s1. The van der Waals surface area contributed by atoms with Gasteiger partial charge in [0.05, 0.1) is 20.9 Å². The molecule has 1 aliphatic rings. The monoisotopic (exact) mass is 429 g/mol. The van der Waals surface area contributed by atoms with E-state index in [4.69, 9.17) is 28.2 Å². The van der Waals surface area contributed by atoms with Gasteiger partial charge in [0.1, 0.15) is 5.82 Å². The van der Waals surface area contributed by atoms with Crippen LogP contribution in [-0.2, 0) is 6.54 Å². The van der Waals surface area contributed by atoms with Gasteiger partial charge in [-0.05, 0) is 74.2 Å². The Morgan fingerprint density at radius 1 is 1.10 bits per heavy atom. The predicted molar refractivity (Wildman–Crippen MR) is 121 cm³/mol. The lowest BCUT2D eigenvalue weighted by Gasteiger charge is -2.32. The minimum absolute atomic E-state index is 0.0306. The molecular weight excluding hydrogens is 405 g/mol. The largest absolute Gasteiger partial charge is 0.303 e. The van der Waals surface area contributed by atoms with Crippen LogP contribution in [0.25, 0.3) is 22.0 Å². The van der Waals surface area contributed by atoms with Crippen molar-refractivity contribution in [2.24, 2.45) is 5.92 Å². The number of likely N-dealkylation sites (tertiary alicyclic amines) is 1. The van der Waals surface area contributed by atoms with Gasteiger partial charge in [-0.25, -0.2) is 4.98 Å². The molecule has 0 amide bonds. The van der Waals surface area contributed by atoms with Crippen LogP contribution in [0.5, 0.6) is 0 Å². The second-order valence-corrected chi connectivity index (χ2v) is 8.65. The van der Waals surface area contributed by atoms with E-state index in [0.29, 0.717) is 21.3 Å². The van der Waals surface area contributed by atoms with Crippen LogP contribution < -0.4 is 5.56 Å². The molecule has 4 rings (SSSR count). The number of hydrogen-bond donors (Lipinski definition) is 0. The van der Waals surface area contributed by atoms with Crippen LogP contribution in [0.4, 0.5) is 0 Å². The first kappa shape index (κ1) is 20.4. The van der Waals surface area contributed by atoms with E-state index in [1.54, 1.807) is 6.07 Å².